The molecule has 3 heterocycles. The number of likely N-dealkylation sites (tertiary alicyclic amines) is 1. The van der Waals surface area contributed by atoms with Crippen LogP contribution in [0.3, 0.4) is 0 Å². The Labute approximate surface area is 229 Å². The third-order valence-electron chi connectivity index (χ3n) is 7.33. The van der Waals surface area contributed by atoms with E-state index in [2.05, 4.69) is 21.4 Å². The van der Waals surface area contributed by atoms with E-state index < -0.39 is 5.60 Å². The van der Waals surface area contributed by atoms with Crippen molar-refractivity contribution in [3.63, 3.8) is 0 Å². The normalized spacial score (nSPS) is 19.0. The quantitative estimate of drug-likeness (QED) is 0.356. The molecule has 2 aliphatic heterocycles. The summed E-state index contributed by atoms with van der Waals surface area (Å²) in [6, 6.07) is 12.3. The Hall–Kier alpha value is -3.94. The summed E-state index contributed by atoms with van der Waals surface area (Å²) in [6.07, 6.45) is 4.74. The molecule has 5 rings (SSSR count). The van der Waals surface area contributed by atoms with E-state index in [0.717, 1.165) is 42.6 Å². The topological polar surface area (TPSA) is 67.8 Å². The fraction of sp³-hybridized carbons (Fsp3) is 0.387. The average Bonchev–Trinajstić information content (AvgIpc) is 3.51. The molecule has 7 nitrogen and oxygen atoms in total. The molecule has 1 spiro atoms. The predicted molar refractivity (Wildman–Crippen MR) is 150 cm³/mol. The van der Waals surface area contributed by atoms with Crippen LogP contribution < -0.4 is 9.64 Å². The first kappa shape index (κ1) is 26.7. The summed E-state index contributed by atoms with van der Waals surface area (Å²) in [5.41, 5.74) is 2.72. The van der Waals surface area contributed by atoms with Gasteiger partial charge in [-0.15, -0.1) is 0 Å². The minimum Gasteiger partial charge on any atom is -0.451 e. The maximum Gasteiger partial charge on any atom is 0.410 e. The number of anilines is 1. The lowest BCUT2D eigenvalue weighted by Gasteiger charge is -2.27. The number of ether oxygens (including phenoxy) is 2. The van der Waals surface area contributed by atoms with Crippen LogP contribution in [-0.4, -0.2) is 52.7 Å². The Morgan fingerprint density at radius 2 is 1.82 bits per heavy atom. The van der Waals surface area contributed by atoms with Crippen molar-refractivity contribution in [2.45, 2.75) is 46.1 Å². The first-order valence-electron chi connectivity index (χ1n) is 13.3. The molecule has 0 aliphatic carbocycles. The second kappa shape index (κ2) is 10.3. The summed E-state index contributed by atoms with van der Waals surface area (Å²) in [5, 5.41) is 0. The number of allylic oxidation sites excluding steroid dienone is 1. The number of rotatable bonds is 5. The minimum atomic E-state index is -0.522. The van der Waals surface area contributed by atoms with Crippen LogP contribution in [-0.2, 0) is 4.74 Å². The number of hydrogen-bond donors (Lipinski definition) is 0. The van der Waals surface area contributed by atoms with Gasteiger partial charge in [-0.3, -0.25) is 0 Å². The molecule has 0 bridgehead atoms. The van der Waals surface area contributed by atoms with Crippen LogP contribution in [0.15, 0.2) is 61.6 Å². The highest BCUT2D eigenvalue weighted by Crippen LogP contribution is 2.44. The molecular weight excluding hydrogens is 495 g/mol. The van der Waals surface area contributed by atoms with Gasteiger partial charge in [0.2, 0.25) is 0 Å². The molecule has 2 aliphatic rings. The van der Waals surface area contributed by atoms with Gasteiger partial charge in [0.1, 0.15) is 23.5 Å². The van der Waals surface area contributed by atoms with Crippen LogP contribution in [0, 0.1) is 11.2 Å². The SMILES string of the molecule is C=C(C)c1ccccc1-c1cc(F)ccc1Oc1cncnc1N1CCC2(CCN(C(=O)OC(C)(C)C)C2)C1. The van der Waals surface area contributed by atoms with Gasteiger partial charge in [-0.25, -0.2) is 19.2 Å². The van der Waals surface area contributed by atoms with Crippen LogP contribution in [0.5, 0.6) is 11.5 Å². The van der Waals surface area contributed by atoms with E-state index in [-0.39, 0.29) is 17.3 Å². The third kappa shape index (κ3) is 5.75. The van der Waals surface area contributed by atoms with Gasteiger partial charge in [0.15, 0.2) is 11.6 Å². The van der Waals surface area contributed by atoms with Crippen molar-refractivity contribution < 1.29 is 18.7 Å². The molecule has 2 aromatic carbocycles. The molecule has 1 aromatic heterocycles. The molecule has 0 radical (unpaired) electrons. The highest BCUT2D eigenvalue weighted by molar-refractivity contribution is 5.83. The average molecular weight is 531 g/mol. The zero-order valence-corrected chi connectivity index (χ0v) is 23.0. The van der Waals surface area contributed by atoms with Gasteiger partial charge in [-0.2, -0.15) is 0 Å². The van der Waals surface area contributed by atoms with Crippen molar-refractivity contribution in [1.29, 1.82) is 0 Å². The Morgan fingerprint density at radius 1 is 1.05 bits per heavy atom. The molecule has 1 atom stereocenters. The maximum absolute atomic E-state index is 14.4. The fourth-order valence-corrected chi connectivity index (χ4v) is 5.50. The van der Waals surface area contributed by atoms with Gasteiger partial charge in [0.05, 0.1) is 6.20 Å². The van der Waals surface area contributed by atoms with Crippen LogP contribution in [0.2, 0.25) is 0 Å². The van der Waals surface area contributed by atoms with E-state index in [1.807, 2.05) is 56.9 Å². The number of amides is 1. The lowest BCUT2D eigenvalue weighted by atomic mass is 9.86. The summed E-state index contributed by atoms with van der Waals surface area (Å²) in [4.78, 5) is 25.5. The number of aromatic nitrogens is 2. The van der Waals surface area contributed by atoms with E-state index >= 15 is 0 Å². The minimum absolute atomic E-state index is 0.0272. The van der Waals surface area contributed by atoms with Crippen LogP contribution in [0.4, 0.5) is 15.0 Å². The molecule has 204 valence electrons. The van der Waals surface area contributed by atoms with Gasteiger partial charge in [-0.05, 0) is 69.9 Å². The second-order valence-electron chi connectivity index (χ2n) is 11.6. The van der Waals surface area contributed by atoms with Crippen molar-refractivity contribution in [1.82, 2.24) is 14.9 Å². The number of carbonyl (C=O) groups is 1. The summed E-state index contributed by atoms with van der Waals surface area (Å²) < 4.78 is 26.4. The highest BCUT2D eigenvalue weighted by Gasteiger charge is 2.46. The van der Waals surface area contributed by atoms with Gasteiger partial charge in [0.25, 0.3) is 0 Å². The van der Waals surface area contributed by atoms with Crippen LogP contribution in [0.25, 0.3) is 16.7 Å². The molecule has 1 unspecified atom stereocenters. The van der Waals surface area contributed by atoms with E-state index in [1.165, 1.54) is 18.5 Å². The van der Waals surface area contributed by atoms with Crippen molar-refractivity contribution in [2.75, 3.05) is 31.1 Å². The zero-order valence-electron chi connectivity index (χ0n) is 23.0. The van der Waals surface area contributed by atoms with Crippen molar-refractivity contribution in [2.24, 2.45) is 5.41 Å². The van der Waals surface area contributed by atoms with E-state index in [4.69, 9.17) is 9.47 Å². The second-order valence-corrected chi connectivity index (χ2v) is 11.6. The monoisotopic (exact) mass is 530 g/mol. The molecule has 2 fully saturated rings. The lowest BCUT2D eigenvalue weighted by Crippen LogP contribution is -2.37. The molecule has 1 amide bonds. The summed E-state index contributed by atoms with van der Waals surface area (Å²) in [5.74, 6) is 1.33. The molecule has 0 saturated carbocycles. The van der Waals surface area contributed by atoms with E-state index in [0.29, 0.717) is 36.0 Å². The first-order chi connectivity index (χ1) is 18.5. The molecule has 0 N–H and O–H groups in total. The standard InChI is InChI=1S/C31H35FN4O3/c1-21(2)23-8-6-7-9-24(23)25-16-22(32)10-11-26(25)38-27-17-33-20-34-28(27)35-14-12-31(18-35)13-15-36(19-31)29(37)39-30(3,4)5/h6-11,16-17,20H,1,12-15,18-19H2,2-5H3. The predicted octanol–water partition coefficient (Wildman–Crippen LogP) is 6.95. The van der Waals surface area contributed by atoms with Crippen molar-refractivity contribution in [3.8, 4) is 22.6 Å². The van der Waals surface area contributed by atoms with Crippen molar-refractivity contribution in [3.05, 3.63) is 72.9 Å². The number of carbonyl (C=O) groups excluding carboxylic acids is 1. The number of nitrogens with zero attached hydrogens (tertiary/aromatic N) is 4. The smallest absolute Gasteiger partial charge is 0.410 e. The van der Waals surface area contributed by atoms with Crippen molar-refractivity contribution >= 4 is 17.5 Å². The van der Waals surface area contributed by atoms with Crippen LogP contribution >= 0.6 is 0 Å². The molecule has 2 saturated heterocycles. The summed E-state index contributed by atoms with van der Waals surface area (Å²) in [7, 11) is 0. The first-order valence-corrected chi connectivity index (χ1v) is 13.3. The molecule has 39 heavy (non-hydrogen) atoms. The Balaban J connectivity index is 1.39. The Morgan fingerprint density at radius 3 is 2.59 bits per heavy atom. The summed E-state index contributed by atoms with van der Waals surface area (Å²) in [6.45, 7) is 14.5. The molecule has 8 heteroatoms. The molecular formula is C31H35FN4O3. The lowest BCUT2D eigenvalue weighted by molar-refractivity contribution is 0.0276. The largest absolute Gasteiger partial charge is 0.451 e. The fourth-order valence-electron chi connectivity index (χ4n) is 5.50. The van der Waals surface area contributed by atoms with E-state index in [1.54, 1.807) is 12.3 Å². The van der Waals surface area contributed by atoms with Gasteiger partial charge >= 0.3 is 6.09 Å². The number of benzene rings is 2. The van der Waals surface area contributed by atoms with E-state index in [9.17, 15) is 9.18 Å². The van der Waals surface area contributed by atoms with Gasteiger partial charge in [-0.1, -0.05) is 36.4 Å². The number of hydrogen-bond acceptors (Lipinski definition) is 6. The number of halogens is 1. The maximum atomic E-state index is 14.4. The third-order valence-corrected chi connectivity index (χ3v) is 7.33. The molecule has 3 aromatic rings. The highest BCUT2D eigenvalue weighted by atomic mass is 19.1. The summed E-state index contributed by atoms with van der Waals surface area (Å²) >= 11 is 0. The zero-order chi connectivity index (χ0) is 27.8. The van der Waals surface area contributed by atoms with Crippen LogP contribution in [0.1, 0.15) is 46.1 Å². The Bertz CT molecular complexity index is 1400. The van der Waals surface area contributed by atoms with Gasteiger partial charge in [0, 0.05) is 37.2 Å². The van der Waals surface area contributed by atoms with Gasteiger partial charge < -0.3 is 19.3 Å². The Kier molecular flexibility index (Phi) is 7.05.